The van der Waals surface area contributed by atoms with Gasteiger partial charge in [0.15, 0.2) is 0 Å². The second-order valence-corrected chi connectivity index (χ2v) is 3.90. The van der Waals surface area contributed by atoms with E-state index >= 15 is 0 Å². The smallest absolute Gasteiger partial charge is 0.414 e. The Morgan fingerprint density at radius 2 is 2.20 bits per heavy atom. The molecule has 5 heteroatoms. The highest BCUT2D eigenvalue weighted by Crippen LogP contribution is 2.14. The van der Waals surface area contributed by atoms with Crippen molar-refractivity contribution in [2.24, 2.45) is 0 Å². The van der Waals surface area contributed by atoms with Crippen molar-refractivity contribution in [3.63, 3.8) is 0 Å². The molecule has 0 aliphatic carbocycles. The molecule has 0 unspecified atom stereocenters. The number of hydrogen-bond acceptors (Lipinski definition) is 4. The van der Waals surface area contributed by atoms with Crippen LogP contribution >= 0.6 is 0 Å². The lowest BCUT2D eigenvalue weighted by atomic mass is 10.2. The Hall–Kier alpha value is -1.96. The lowest BCUT2D eigenvalue weighted by molar-refractivity contribution is 0.0632. The van der Waals surface area contributed by atoms with E-state index in [4.69, 9.17) is 14.4 Å². The van der Waals surface area contributed by atoms with Gasteiger partial charge in [-0.3, -0.25) is 5.32 Å². The molecule has 0 radical (unpaired) electrons. The van der Waals surface area contributed by atoms with Crippen molar-refractivity contribution in [2.45, 2.75) is 26.4 Å². The second-order valence-electron chi connectivity index (χ2n) is 3.90. The van der Waals surface area contributed by atoms with Crippen LogP contribution in [0.1, 0.15) is 26.5 Å². The largest absolute Gasteiger partial charge is 0.444 e. The molecular weight excluding hydrogens is 196 g/mol. The molecule has 80 valence electrons. The highest BCUT2D eigenvalue weighted by atomic mass is 16.6. The summed E-state index contributed by atoms with van der Waals surface area (Å²) < 4.78 is 9.94. The van der Waals surface area contributed by atoms with Crippen LogP contribution in [0.4, 0.5) is 10.7 Å². The number of carbonyl (C=O) groups is 1. The van der Waals surface area contributed by atoms with Crippen molar-refractivity contribution in [2.75, 3.05) is 5.32 Å². The molecule has 1 aromatic rings. The first-order chi connectivity index (χ1) is 6.90. The highest BCUT2D eigenvalue weighted by molar-refractivity contribution is 5.83. The summed E-state index contributed by atoms with van der Waals surface area (Å²) in [6.45, 7) is 5.28. The normalized spacial score (nSPS) is 10.5. The maximum Gasteiger partial charge on any atom is 0.414 e. The molecule has 0 atom stereocenters. The Balaban J connectivity index is 2.56. The fourth-order valence-electron chi connectivity index (χ4n) is 0.869. The summed E-state index contributed by atoms with van der Waals surface area (Å²) in [5.74, 6) is 0.335. The minimum Gasteiger partial charge on any atom is -0.444 e. The van der Waals surface area contributed by atoms with Crippen molar-refractivity contribution in [1.82, 2.24) is 0 Å². The predicted octanol–water partition coefficient (Wildman–Crippen LogP) is 2.50. The van der Waals surface area contributed by atoms with E-state index in [1.54, 1.807) is 20.8 Å². The molecule has 0 aromatic carbocycles. The molecule has 1 amide bonds. The average molecular weight is 208 g/mol. The van der Waals surface area contributed by atoms with Crippen LogP contribution in [-0.2, 0) is 4.74 Å². The van der Waals surface area contributed by atoms with Gasteiger partial charge in [0.05, 0.1) is 0 Å². The first kappa shape index (κ1) is 11.1. The molecule has 1 rings (SSSR count). The zero-order valence-electron chi connectivity index (χ0n) is 8.83. The Kier molecular flexibility index (Phi) is 3.00. The van der Waals surface area contributed by atoms with Crippen molar-refractivity contribution in [1.29, 1.82) is 5.26 Å². The average Bonchev–Trinajstić information content (AvgIpc) is 2.48. The molecule has 0 saturated heterocycles. The number of amides is 1. The van der Waals surface area contributed by atoms with E-state index in [2.05, 4.69) is 5.32 Å². The van der Waals surface area contributed by atoms with Crippen LogP contribution in [0.5, 0.6) is 0 Å². The van der Waals surface area contributed by atoms with E-state index in [1.165, 1.54) is 12.1 Å². The van der Waals surface area contributed by atoms with Gasteiger partial charge in [-0.05, 0) is 26.8 Å². The molecule has 5 nitrogen and oxygen atoms in total. The number of nitriles is 1. The quantitative estimate of drug-likeness (QED) is 0.769. The Morgan fingerprint density at radius 1 is 1.53 bits per heavy atom. The van der Waals surface area contributed by atoms with Gasteiger partial charge in [0, 0.05) is 6.07 Å². The van der Waals surface area contributed by atoms with Crippen molar-refractivity contribution >= 4 is 12.0 Å². The summed E-state index contributed by atoms with van der Waals surface area (Å²) in [4.78, 5) is 11.2. The van der Waals surface area contributed by atoms with Crippen LogP contribution in [0.25, 0.3) is 0 Å². The lowest BCUT2D eigenvalue weighted by Crippen LogP contribution is -2.27. The van der Waals surface area contributed by atoms with E-state index in [9.17, 15) is 4.79 Å². The second kappa shape index (κ2) is 4.05. The number of furan rings is 1. The van der Waals surface area contributed by atoms with Crippen LogP contribution in [-0.4, -0.2) is 11.7 Å². The van der Waals surface area contributed by atoms with Crippen LogP contribution in [0.2, 0.25) is 0 Å². The van der Waals surface area contributed by atoms with Crippen LogP contribution in [0, 0.1) is 11.3 Å². The summed E-state index contributed by atoms with van der Waals surface area (Å²) in [5, 5.41) is 10.9. The number of anilines is 1. The Bertz CT molecular complexity index is 396. The number of ether oxygens (including phenoxy) is 1. The summed E-state index contributed by atoms with van der Waals surface area (Å²) in [5.41, 5.74) is -0.561. The molecule has 0 bridgehead atoms. The summed E-state index contributed by atoms with van der Waals surface area (Å²) in [6, 6.07) is 4.76. The van der Waals surface area contributed by atoms with Gasteiger partial charge < -0.3 is 9.15 Å². The van der Waals surface area contributed by atoms with Gasteiger partial charge in [-0.1, -0.05) is 0 Å². The fraction of sp³-hybridized carbons (Fsp3) is 0.400. The topological polar surface area (TPSA) is 75.3 Å². The minimum absolute atomic E-state index is 0.140. The Labute approximate surface area is 87.6 Å². The third kappa shape index (κ3) is 3.73. The van der Waals surface area contributed by atoms with Gasteiger partial charge in [0.2, 0.25) is 11.6 Å². The molecule has 0 spiro atoms. The number of carbonyl (C=O) groups excluding carboxylic acids is 1. The van der Waals surface area contributed by atoms with E-state index in [0.717, 1.165) is 0 Å². The van der Waals surface area contributed by atoms with Crippen LogP contribution in [0.15, 0.2) is 16.5 Å². The molecule has 0 aliphatic rings. The van der Waals surface area contributed by atoms with E-state index in [0.29, 0.717) is 0 Å². The van der Waals surface area contributed by atoms with Gasteiger partial charge in [0.25, 0.3) is 0 Å². The predicted molar refractivity (Wildman–Crippen MR) is 53.3 cm³/mol. The van der Waals surface area contributed by atoms with Gasteiger partial charge in [-0.15, -0.1) is 0 Å². The fourth-order valence-corrected chi connectivity index (χ4v) is 0.869. The first-order valence-electron chi connectivity index (χ1n) is 4.40. The number of hydrogen-bond donors (Lipinski definition) is 1. The van der Waals surface area contributed by atoms with Gasteiger partial charge in [-0.25, -0.2) is 4.79 Å². The molecule has 15 heavy (non-hydrogen) atoms. The summed E-state index contributed by atoms with van der Waals surface area (Å²) >= 11 is 0. The number of nitrogens with one attached hydrogen (secondary N) is 1. The molecule has 1 heterocycles. The molecule has 0 fully saturated rings. The van der Waals surface area contributed by atoms with E-state index in [-0.39, 0.29) is 11.6 Å². The van der Waals surface area contributed by atoms with E-state index < -0.39 is 11.7 Å². The summed E-state index contributed by atoms with van der Waals surface area (Å²) in [7, 11) is 0. The molecule has 1 aromatic heterocycles. The third-order valence-electron chi connectivity index (χ3n) is 1.34. The lowest BCUT2D eigenvalue weighted by Gasteiger charge is -2.18. The van der Waals surface area contributed by atoms with E-state index in [1.807, 2.05) is 6.07 Å². The monoisotopic (exact) mass is 208 g/mol. The molecular formula is C10H12N2O3. The van der Waals surface area contributed by atoms with Gasteiger partial charge in [-0.2, -0.15) is 5.26 Å². The van der Waals surface area contributed by atoms with Gasteiger partial charge >= 0.3 is 6.09 Å². The highest BCUT2D eigenvalue weighted by Gasteiger charge is 2.17. The maximum absolute atomic E-state index is 11.2. The van der Waals surface area contributed by atoms with Crippen LogP contribution < -0.4 is 5.32 Å². The first-order valence-corrected chi connectivity index (χ1v) is 4.40. The molecule has 1 N–H and O–H groups in total. The Morgan fingerprint density at radius 3 is 2.67 bits per heavy atom. The standard InChI is InChI=1S/C10H12N2O3/c1-10(2,3)15-9(13)12-8-5-4-7(6-11)14-8/h4-5H,1-3H3,(H,12,13). The number of rotatable bonds is 1. The molecule has 0 saturated carbocycles. The van der Waals surface area contributed by atoms with Gasteiger partial charge in [0.1, 0.15) is 11.7 Å². The summed E-state index contributed by atoms with van der Waals surface area (Å²) in [6.07, 6.45) is -0.610. The van der Waals surface area contributed by atoms with Crippen molar-refractivity contribution in [3.8, 4) is 6.07 Å². The van der Waals surface area contributed by atoms with Crippen molar-refractivity contribution < 1.29 is 13.9 Å². The third-order valence-corrected chi connectivity index (χ3v) is 1.34. The zero-order valence-corrected chi connectivity index (χ0v) is 8.83. The minimum atomic E-state index is -0.610. The zero-order chi connectivity index (χ0) is 11.5. The SMILES string of the molecule is CC(C)(C)OC(=O)Nc1ccc(C#N)o1. The maximum atomic E-state index is 11.2. The molecule has 0 aliphatic heterocycles. The van der Waals surface area contributed by atoms with Crippen molar-refractivity contribution in [3.05, 3.63) is 17.9 Å². The van der Waals surface area contributed by atoms with Crippen LogP contribution in [0.3, 0.4) is 0 Å². The number of nitrogens with zero attached hydrogens (tertiary/aromatic N) is 1.